The summed E-state index contributed by atoms with van der Waals surface area (Å²) in [7, 11) is -3.31. The first-order chi connectivity index (χ1) is 7.39. The summed E-state index contributed by atoms with van der Waals surface area (Å²) in [5, 5.41) is -0.394. The van der Waals surface area contributed by atoms with Gasteiger partial charge in [-0.2, -0.15) is 0 Å². The van der Waals surface area contributed by atoms with Gasteiger partial charge in [0, 0.05) is 4.47 Å². The van der Waals surface area contributed by atoms with E-state index in [2.05, 4.69) is 15.9 Å². The maximum absolute atomic E-state index is 12.2. The van der Waals surface area contributed by atoms with Crippen LogP contribution in [-0.2, 0) is 9.84 Å². The fourth-order valence-electron chi connectivity index (χ4n) is 1.53. The third-order valence-corrected chi connectivity index (χ3v) is 5.26. The van der Waals surface area contributed by atoms with Crippen molar-refractivity contribution in [3.63, 3.8) is 0 Å². The minimum Gasteiger partial charge on any atom is -0.398 e. The monoisotopic (exact) mass is 305 g/mol. The summed E-state index contributed by atoms with van der Waals surface area (Å²) < 4.78 is 25.1. The van der Waals surface area contributed by atoms with Crippen LogP contribution in [-0.4, -0.2) is 13.7 Å². The van der Waals surface area contributed by atoms with Gasteiger partial charge in [-0.15, -0.1) is 0 Å². The zero-order valence-corrected chi connectivity index (χ0v) is 11.8. The van der Waals surface area contributed by atoms with Gasteiger partial charge in [-0.1, -0.05) is 29.3 Å². The fourth-order valence-corrected chi connectivity index (χ4v) is 3.71. The highest BCUT2D eigenvalue weighted by molar-refractivity contribution is 9.10. The van der Waals surface area contributed by atoms with Gasteiger partial charge in [0.25, 0.3) is 0 Å². The Morgan fingerprint density at radius 1 is 1.44 bits per heavy atom. The van der Waals surface area contributed by atoms with E-state index in [0.29, 0.717) is 12.1 Å². The van der Waals surface area contributed by atoms with E-state index >= 15 is 0 Å². The van der Waals surface area contributed by atoms with Gasteiger partial charge in [0.2, 0.25) is 0 Å². The molecule has 0 spiro atoms. The molecule has 0 aromatic heterocycles. The van der Waals surface area contributed by atoms with Crippen LogP contribution in [0.25, 0.3) is 0 Å². The summed E-state index contributed by atoms with van der Waals surface area (Å²) in [6.45, 7) is 3.69. The molecule has 0 fully saturated rings. The zero-order valence-electron chi connectivity index (χ0n) is 9.40. The molecule has 16 heavy (non-hydrogen) atoms. The lowest BCUT2D eigenvalue weighted by molar-refractivity contribution is 0.576. The van der Waals surface area contributed by atoms with Crippen LogP contribution in [0.15, 0.2) is 27.6 Å². The summed E-state index contributed by atoms with van der Waals surface area (Å²) in [6, 6.07) is 4.91. The molecule has 0 saturated heterocycles. The highest BCUT2D eigenvalue weighted by Crippen LogP contribution is 2.27. The predicted molar refractivity (Wildman–Crippen MR) is 70.1 cm³/mol. The number of rotatable bonds is 4. The maximum atomic E-state index is 12.2. The second kappa shape index (κ2) is 5.19. The number of halogens is 1. The van der Waals surface area contributed by atoms with Crippen molar-refractivity contribution in [3.05, 3.63) is 22.7 Å². The summed E-state index contributed by atoms with van der Waals surface area (Å²) in [4.78, 5) is 0.225. The Balaban J connectivity index is 3.21. The lowest BCUT2D eigenvalue weighted by Gasteiger charge is -2.13. The Hall–Kier alpha value is -0.550. The number of nitrogens with two attached hydrogens (primary N) is 1. The summed E-state index contributed by atoms with van der Waals surface area (Å²) in [5.74, 6) is 0. The molecule has 1 aromatic rings. The van der Waals surface area contributed by atoms with Crippen molar-refractivity contribution in [2.24, 2.45) is 0 Å². The van der Waals surface area contributed by atoms with Crippen molar-refractivity contribution < 1.29 is 8.42 Å². The van der Waals surface area contributed by atoms with Crippen molar-refractivity contribution in [2.45, 2.75) is 36.8 Å². The summed E-state index contributed by atoms with van der Waals surface area (Å²) in [5.41, 5.74) is 6.02. The number of sulfone groups is 1. The van der Waals surface area contributed by atoms with Crippen molar-refractivity contribution in [1.82, 2.24) is 0 Å². The fraction of sp³-hybridized carbons (Fsp3) is 0.455. The number of nitrogen functional groups attached to an aromatic ring is 1. The molecule has 3 nitrogen and oxygen atoms in total. The largest absolute Gasteiger partial charge is 0.398 e. The van der Waals surface area contributed by atoms with E-state index in [1.54, 1.807) is 25.1 Å². The number of hydrogen-bond acceptors (Lipinski definition) is 3. The molecular weight excluding hydrogens is 290 g/mol. The first kappa shape index (κ1) is 13.5. The van der Waals surface area contributed by atoms with Crippen molar-refractivity contribution in [2.75, 3.05) is 5.73 Å². The molecular formula is C11H16BrNO2S. The predicted octanol–water partition coefficient (Wildman–Crippen LogP) is 2.99. The minimum absolute atomic E-state index is 0.225. The van der Waals surface area contributed by atoms with Gasteiger partial charge in [0.1, 0.15) is 0 Å². The Labute approximate surface area is 105 Å². The van der Waals surface area contributed by atoms with Gasteiger partial charge in [0.05, 0.1) is 15.8 Å². The Morgan fingerprint density at radius 2 is 2.06 bits per heavy atom. The molecule has 5 heteroatoms. The van der Waals surface area contributed by atoms with Gasteiger partial charge in [-0.25, -0.2) is 8.42 Å². The Bertz CT molecular complexity index is 471. The van der Waals surface area contributed by atoms with Crippen molar-refractivity contribution in [1.29, 1.82) is 0 Å². The molecule has 0 amide bonds. The van der Waals surface area contributed by atoms with Crippen LogP contribution in [0.1, 0.15) is 26.7 Å². The quantitative estimate of drug-likeness (QED) is 0.870. The lowest BCUT2D eigenvalue weighted by Crippen LogP contribution is -2.19. The second-order valence-electron chi connectivity index (χ2n) is 3.83. The highest BCUT2D eigenvalue weighted by atomic mass is 79.9. The molecule has 0 aliphatic rings. The number of benzene rings is 1. The average Bonchev–Trinajstić information content (AvgIpc) is 2.22. The second-order valence-corrected chi connectivity index (χ2v) is 7.08. The molecule has 1 aromatic carbocycles. The molecule has 0 saturated carbocycles. The number of hydrogen-bond donors (Lipinski definition) is 1. The van der Waals surface area contributed by atoms with E-state index in [4.69, 9.17) is 5.73 Å². The molecule has 1 atom stereocenters. The highest BCUT2D eigenvalue weighted by Gasteiger charge is 2.24. The lowest BCUT2D eigenvalue weighted by atomic mass is 10.3. The SMILES string of the molecule is CCCC(C)S(=O)(=O)c1cc(Br)ccc1N. The first-order valence-electron chi connectivity index (χ1n) is 5.18. The van der Waals surface area contributed by atoms with Gasteiger partial charge < -0.3 is 5.73 Å². The third-order valence-electron chi connectivity index (χ3n) is 2.51. The van der Waals surface area contributed by atoms with Crippen LogP contribution in [0.3, 0.4) is 0 Å². The zero-order chi connectivity index (χ0) is 12.3. The minimum atomic E-state index is -3.31. The van der Waals surface area contributed by atoms with Gasteiger partial charge >= 0.3 is 0 Å². The number of anilines is 1. The van der Waals surface area contributed by atoms with E-state index in [1.165, 1.54) is 0 Å². The van der Waals surface area contributed by atoms with E-state index in [0.717, 1.165) is 10.9 Å². The topological polar surface area (TPSA) is 60.2 Å². The third kappa shape index (κ3) is 2.77. The maximum Gasteiger partial charge on any atom is 0.183 e. The van der Waals surface area contributed by atoms with Crippen LogP contribution >= 0.6 is 15.9 Å². The molecule has 0 heterocycles. The Morgan fingerprint density at radius 3 is 2.62 bits per heavy atom. The van der Waals surface area contributed by atoms with Crippen LogP contribution in [0.4, 0.5) is 5.69 Å². The van der Waals surface area contributed by atoms with E-state index in [1.807, 2.05) is 6.92 Å². The average molecular weight is 306 g/mol. The Kier molecular flexibility index (Phi) is 4.38. The first-order valence-corrected chi connectivity index (χ1v) is 7.52. The van der Waals surface area contributed by atoms with Gasteiger partial charge in [-0.3, -0.25) is 0 Å². The molecule has 0 aliphatic heterocycles. The molecule has 0 radical (unpaired) electrons. The molecule has 2 N–H and O–H groups in total. The van der Waals surface area contributed by atoms with Gasteiger partial charge in [-0.05, 0) is 31.5 Å². The molecule has 1 rings (SSSR count). The summed E-state index contributed by atoms with van der Waals surface area (Å²) >= 11 is 3.26. The molecule has 90 valence electrons. The molecule has 0 bridgehead atoms. The van der Waals surface area contributed by atoms with Crippen molar-refractivity contribution >= 4 is 31.5 Å². The van der Waals surface area contributed by atoms with Crippen molar-refractivity contribution in [3.8, 4) is 0 Å². The van der Waals surface area contributed by atoms with E-state index in [-0.39, 0.29) is 4.90 Å². The van der Waals surface area contributed by atoms with Crippen LogP contribution in [0.5, 0.6) is 0 Å². The normalized spacial score (nSPS) is 13.7. The molecule has 1 unspecified atom stereocenters. The van der Waals surface area contributed by atoms with Gasteiger partial charge in [0.15, 0.2) is 9.84 Å². The van der Waals surface area contributed by atoms with E-state index in [9.17, 15) is 8.42 Å². The van der Waals surface area contributed by atoms with Crippen LogP contribution in [0.2, 0.25) is 0 Å². The van der Waals surface area contributed by atoms with Crippen LogP contribution < -0.4 is 5.73 Å². The van der Waals surface area contributed by atoms with Crippen LogP contribution in [0, 0.1) is 0 Å². The molecule has 0 aliphatic carbocycles. The summed E-state index contributed by atoms with van der Waals surface area (Å²) in [6.07, 6.45) is 1.49. The smallest absolute Gasteiger partial charge is 0.183 e. The van der Waals surface area contributed by atoms with E-state index < -0.39 is 15.1 Å². The standard InChI is InChI=1S/C11H16BrNO2S/c1-3-4-8(2)16(14,15)11-7-9(12)5-6-10(11)13/h5-8H,3-4,13H2,1-2H3.